The van der Waals surface area contributed by atoms with Gasteiger partial charge in [-0.15, -0.1) is 0 Å². The molecule has 14 heavy (non-hydrogen) atoms. The van der Waals surface area contributed by atoms with E-state index in [4.69, 9.17) is 5.11 Å². The van der Waals surface area contributed by atoms with Crippen LogP contribution in [0.4, 0.5) is 5.69 Å². The monoisotopic (exact) mass is 193 g/mol. The number of hydrogen-bond donors (Lipinski definition) is 2. The van der Waals surface area contributed by atoms with Crippen LogP contribution in [0.5, 0.6) is 0 Å². The number of carbonyl (C=O) groups is 1. The Morgan fingerprint density at radius 2 is 2.07 bits per heavy atom. The first-order valence-electron chi connectivity index (χ1n) is 4.58. The topological polar surface area (TPSA) is 49.3 Å². The van der Waals surface area contributed by atoms with E-state index in [1.54, 1.807) is 6.92 Å². The molecule has 1 rings (SSSR count). The van der Waals surface area contributed by atoms with Gasteiger partial charge in [0, 0.05) is 5.69 Å². The highest BCUT2D eigenvalue weighted by Crippen LogP contribution is 2.18. The number of rotatable bonds is 3. The first-order valence-corrected chi connectivity index (χ1v) is 4.58. The summed E-state index contributed by atoms with van der Waals surface area (Å²) in [7, 11) is 0. The van der Waals surface area contributed by atoms with Crippen molar-refractivity contribution in [3.63, 3.8) is 0 Å². The largest absolute Gasteiger partial charge is 0.480 e. The van der Waals surface area contributed by atoms with Crippen LogP contribution >= 0.6 is 0 Å². The van der Waals surface area contributed by atoms with Crippen LogP contribution in [0.15, 0.2) is 18.2 Å². The van der Waals surface area contributed by atoms with Crippen molar-refractivity contribution < 1.29 is 9.90 Å². The Hall–Kier alpha value is -1.51. The van der Waals surface area contributed by atoms with Crippen LogP contribution in [0.1, 0.15) is 18.1 Å². The van der Waals surface area contributed by atoms with Crippen LogP contribution in [0.2, 0.25) is 0 Å². The second kappa shape index (κ2) is 4.13. The Morgan fingerprint density at radius 1 is 1.43 bits per heavy atom. The normalized spacial score (nSPS) is 12.2. The SMILES string of the molecule is Cc1cccc(NC(C)C(=O)O)c1C. The summed E-state index contributed by atoms with van der Waals surface area (Å²) in [5, 5.41) is 11.7. The number of hydrogen-bond acceptors (Lipinski definition) is 2. The van der Waals surface area contributed by atoms with Gasteiger partial charge in [0.25, 0.3) is 0 Å². The predicted octanol–water partition coefficient (Wildman–Crippen LogP) is 2.19. The second-order valence-electron chi connectivity index (χ2n) is 3.45. The Balaban J connectivity index is 2.87. The van der Waals surface area contributed by atoms with Crippen molar-refractivity contribution >= 4 is 11.7 Å². The standard InChI is InChI=1S/C11H15NO2/c1-7-5-4-6-10(8(7)2)12-9(3)11(13)14/h4-6,9,12H,1-3H3,(H,13,14). The second-order valence-corrected chi connectivity index (χ2v) is 3.45. The molecule has 0 saturated carbocycles. The average molecular weight is 193 g/mol. The van der Waals surface area contributed by atoms with Gasteiger partial charge in [0.1, 0.15) is 6.04 Å². The molecular weight excluding hydrogens is 178 g/mol. The molecule has 3 nitrogen and oxygen atoms in total. The molecule has 0 amide bonds. The van der Waals surface area contributed by atoms with Crippen molar-refractivity contribution in [2.75, 3.05) is 5.32 Å². The van der Waals surface area contributed by atoms with Gasteiger partial charge in [0.15, 0.2) is 0 Å². The van der Waals surface area contributed by atoms with E-state index in [1.165, 1.54) is 0 Å². The number of carboxylic acid groups (broad SMARTS) is 1. The molecule has 0 heterocycles. The van der Waals surface area contributed by atoms with Gasteiger partial charge in [-0.05, 0) is 38.0 Å². The highest BCUT2D eigenvalue weighted by molar-refractivity contribution is 5.77. The number of carboxylic acids is 1. The zero-order valence-electron chi connectivity index (χ0n) is 8.66. The number of benzene rings is 1. The molecule has 76 valence electrons. The van der Waals surface area contributed by atoms with Gasteiger partial charge in [-0.1, -0.05) is 12.1 Å². The molecule has 0 saturated heterocycles. The van der Waals surface area contributed by atoms with Gasteiger partial charge in [0.2, 0.25) is 0 Å². The third-order valence-corrected chi connectivity index (χ3v) is 2.35. The number of nitrogens with one attached hydrogen (secondary N) is 1. The molecule has 0 radical (unpaired) electrons. The quantitative estimate of drug-likeness (QED) is 0.773. The van der Waals surface area contributed by atoms with E-state index in [1.807, 2.05) is 32.0 Å². The average Bonchev–Trinajstić information content (AvgIpc) is 2.12. The molecule has 1 atom stereocenters. The molecule has 0 aliphatic rings. The van der Waals surface area contributed by atoms with Gasteiger partial charge in [-0.25, -0.2) is 0 Å². The fraction of sp³-hybridized carbons (Fsp3) is 0.364. The molecule has 0 aliphatic heterocycles. The zero-order valence-corrected chi connectivity index (χ0v) is 8.66. The van der Waals surface area contributed by atoms with Crippen LogP contribution in [0.25, 0.3) is 0 Å². The van der Waals surface area contributed by atoms with E-state index < -0.39 is 12.0 Å². The Morgan fingerprint density at radius 3 is 2.64 bits per heavy atom. The smallest absolute Gasteiger partial charge is 0.325 e. The summed E-state index contributed by atoms with van der Waals surface area (Å²) < 4.78 is 0. The van der Waals surface area contributed by atoms with E-state index in [9.17, 15) is 4.79 Å². The summed E-state index contributed by atoms with van der Waals surface area (Å²) >= 11 is 0. The van der Waals surface area contributed by atoms with Gasteiger partial charge >= 0.3 is 5.97 Å². The summed E-state index contributed by atoms with van der Waals surface area (Å²) in [6.45, 7) is 5.61. The van der Waals surface area contributed by atoms with Crippen molar-refractivity contribution in [3.8, 4) is 0 Å². The molecule has 2 N–H and O–H groups in total. The minimum Gasteiger partial charge on any atom is -0.480 e. The van der Waals surface area contributed by atoms with Crippen molar-refractivity contribution in [1.29, 1.82) is 0 Å². The van der Waals surface area contributed by atoms with E-state index in [0.29, 0.717) is 0 Å². The van der Waals surface area contributed by atoms with Gasteiger partial charge in [-0.3, -0.25) is 4.79 Å². The molecule has 0 aromatic heterocycles. The molecule has 0 bridgehead atoms. The maximum Gasteiger partial charge on any atom is 0.325 e. The Kier molecular flexibility index (Phi) is 3.12. The lowest BCUT2D eigenvalue weighted by Crippen LogP contribution is -2.25. The molecule has 1 aromatic carbocycles. The lowest BCUT2D eigenvalue weighted by atomic mass is 10.1. The number of aryl methyl sites for hydroxylation is 1. The maximum absolute atomic E-state index is 10.6. The van der Waals surface area contributed by atoms with Crippen molar-refractivity contribution in [3.05, 3.63) is 29.3 Å². The minimum atomic E-state index is -0.842. The fourth-order valence-corrected chi connectivity index (χ4v) is 1.20. The predicted molar refractivity (Wildman–Crippen MR) is 56.6 cm³/mol. The molecule has 0 spiro atoms. The summed E-state index contributed by atoms with van der Waals surface area (Å²) in [5.74, 6) is -0.842. The highest BCUT2D eigenvalue weighted by Gasteiger charge is 2.11. The van der Waals surface area contributed by atoms with E-state index in [0.717, 1.165) is 16.8 Å². The first kappa shape index (κ1) is 10.6. The summed E-state index contributed by atoms with van der Waals surface area (Å²) in [6, 6.07) is 5.25. The van der Waals surface area contributed by atoms with Crippen molar-refractivity contribution in [2.45, 2.75) is 26.8 Å². The summed E-state index contributed by atoms with van der Waals surface area (Å²) in [6.07, 6.45) is 0. The maximum atomic E-state index is 10.6. The fourth-order valence-electron chi connectivity index (χ4n) is 1.20. The lowest BCUT2D eigenvalue weighted by Gasteiger charge is -2.14. The Labute approximate surface area is 83.8 Å². The molecule has 0 fully saturated rings. The Bertz CT molecular complexity index is 347. The van der Waals surface area contributed by atoms with Crippen LogP contribution in [-0.2, 0) is 4.79 Å². The third-order valence-electron chi connectivity index (χ3n) is 2.35. The van der Waals surface area contributed by atoms with Crippen molar-refractivity contribution in [2.24, 2.45) is 0 Å². The van der Waals surface area contributed by atoms with Crippen molar-refractivity contribution in [1.82, 2.24) is 0 Å². The minimum absolute atomic E-state index is 0.560. The number of anilines is 1. The van der Waals surface area contributed by atoms with Gasteiger partial charge < -0.3 is 10.4 Å². The van der Waals surface area contributed by atoms with Gasteiger partial charge in [0.05, 0.1) is 0 Å². The van der Waals surface area contributed by atoms with Gasteiger partial charge in [-0.2, -0.15) is 0 Å². The summed E-state index contributed by atoms with van der Waals surface area (Å²) in [5.41, 5.74) is 3.15. The van der Waals surface area contributed by atoms with E-state index in [-0.39, 0.29) is 0 Å². The molecular formula is C11H15NO2. The first-order chi connectivity index (χ1) is 6.52. The van der Waals surface area contributed by atoms with Crippen LogP contribution in [0, 0.1) is 13.8 Å². The molecule has 3 heteroatoms. The lowest BCUT2D eigenvalue weighted by molar-refractivity contribution is -0.137. The van der Waals surface area contributed by atoms with Crippen LogP contribution < -0.4 is 5.32 Å². The third kappa shape index (κ3) is 2.25. The molecule has 1 aromatic rings. The summed E-state index contributed by atoms with van der Waals surface area (Å²) in [4.78, 5) is 10.6. The highest BCUT2D eigenvalue weighted by atomic mass is 16.4. The molecule has 0 aliphatic carbocycles. The van der Waals surface area contributed by atoms with E-state index >= 15 is 0 Å². The number of aliphatic carboxylic acids is 1. The zero-order chi connectivity index (χ0) is 10.7. The van der Waals surface area contributed by atoms with E-state index in [2.05, 4.69) is 5.32 Å². The van der Waals surface area contributed by atoms with Crippen LogP contribution in [-0.4, -0.2) is 17.1 Å². The molecule has 1 unspecified atom stereocenters. The van der Waals surface area contributed by atoms with Crippen LogP contribution in [0.3, 0.4) is 0 Å².